The lowest BCUT2D eigenvalue weighted by molar-refractivity contribution is 0.490. The summed E-state index contributed by atoms with van der Waals surface area (Å²) >= 11 is 6.31. The minimum atomic E-state index is 0.539. The Hall–Kier alpha value is -0.530. The molecule has 1 rings (SSSR count). The second-order valence-electron chi connectivity index (χ2n) is 5.41. The van der Waals surface area contributed by atoms with Gasteiger partial charge < -0.3 is 5.32 Å². The van der Waals surface area contributed by atoms with Gasteiger partial charge in [0.2, 0.25) is 0 Å². The third kappa shape index (κ3) is 5.41. The lowest BCUT2D eigenvalue weighted by atomic mass is 9.93. The van der Waals surface area contributed by atoms with E-state index in [1.54, 1.807) is 0 Å². The largest absolute Gasteiger partial charge is 0.316 e. The highest BCUT2D eigenvalue weighted by Gasteiger charge is 2.13. The predicted molar refractivity (Wildman–Crippen MR) is 81.4 cm³/mol. The summed E-state index contributed by atoms with van der Waals surface area (Å²) in [7, 11) is 0. The van der Waals surface area contributed by atoms with Gasteiger partial charge in [0.15, 0.2) is 0 Å². The number of rotatable bonds is 8. The molecule has 1 aromatic rings. The smallest absolute Gasteiger partial charge is 0.0441 e. The summed E-state index contributed by atoms with van der Waals surface area (Å²) in [5, 5.41) is 4.47. The van der Waals surface area contributed by atoms with Gasteiger partial charge in [-0.25, -0.2) is 0 Å². The monoisotopic (exact) mass is 267 g/mol. The maximum absolute atomic E-state index is 6.31. The van der Waals surface area contributed by atoms with Gasteiger partial charge in [0.25, 0.3) is 0 Å². The van der Waals surface area contributed by atoms with Crippen LogP contribution in [0.3, 0.4) is 0 Å². The molecule has 0 aliphatic heterocycles. The molecule has 0 aromatic heterocycles. The number of hydrogen-bond acceptors (Lipinski definition) is 1. The van der Waals surface area contributed by atoms with E-state index in [9.17, 15) is 0 Å². The summed E-state index contributed by atoms with van der Waals surface area (Å²) in [6, 6.07) is 8.25. The molecule has 1 N–H and O–H groups in total. The molecule has 1 aromatic carbocycles. The van der Waals surface area contributed by atoms with Crippen molar-refractivity contribution in [1.82, 2.24) is 5.32 Å². The van der Waals surface area contributed by atoms with Crippen LogP contribution < -0.4 is 5.32 Å². The zero-order chi connectivity index (χ0) is 13.4. The van der Waals surface area contributed by atoms with E-state index in [-0.39, 0.29) is 0 Å². The molecule has 0 spiro atoms. The van der Waals surface area contributed by atoms with Gasteiger partial charge in [-0.2, -0.15) is 0 Å². The highest BCUT2D eigenvalue weighted by molar-refractivity contribution is 6.31. The van der Waals surface area contributed by atoms with Gasteiger partial charge in [-0.15, -0.1) is 0 Å². The van der Waals surface area contributed by atoms with E-state index in [2.05, 4.69) is 38.2 Å². The van der Waals surface area contributed by atoms with Crippen molar-refractivity contribution in [2.75, 3.05) is 13.1 Å². The van der Waals surface area contributed by atoms with E-state index in [1.165, 1.54) is 24.8 Å². The molecule has 0 saturated heterocycles. The van der Waals surface area contributed by atoms with Crippen LogP contribution in [0.2, 0.25) is 5.02 Å². The summed E-state index contributed by atoms with van der Waals surface area (Å²) in [6.45, 7) is 8.83. The topological polar surface area (TPSA) is 12.0 Å². The minimum absolute atomic E-state index is 0.539. The van der Waals surface area contributed by atoms with Gasteiger partial charge in [0, 0.05) is 11.6 Å². The average Bonchev–Trinajstić information content (AvgIpc) is 2.34. The first kappa shape index (κ1) is 15.5. The number of nitrogens with one attached hydrogen (secondary N) is 1. The molecule has 0 aliphatic rings. The van der Waals surface area contributed by atoms with Crippen LogP contribution >= 0.6 is 11.6 Å². The lowest BCUT2D eigenvalue weighted by Crippen LogP contribution is -2.25. The Kier molecular flexibility index (Phi) is 7.38. The zero-order valence-electron chi connectivity index (χ0n) is 11.9. The highest BCUT2D eigenvalue weighted by atomic mass is 35.5. The Morgan fingerprint density at radius 3 is 2.50 bits per heavy atom. The van der Waals surface area contributed by atoms with E-state index < -0.39 is 0 Å². The molecule has 0 saturated carbocycles. The predicted octanol–water partition coefficient (Wildman–Crippen LogP) is 4.86. The fourth-order valence-corrected chi connectivity index (χ4v) is 2.46. The van der Waals surface area contributed by atoms with Gasteiger partial charge in [0.05, 0.1) is 0 Å². The van der Waals surface area contributed by atoms with Crippen molar-refractivity contribution in [1.29, 1.82) is 0 Å². The molecule has 0 fully saturated rings. The molecule has 1 nitrogen and oxygen atoms in total. The molecule has 1 unspecified atom stereocenters. The van der Waals surface area contributed by atoms with E-state index in [4.69, 9.17) is 11.6 Å². The number of hydrogen-bond donors (Lipinski definition) is 1. The zero-order valence-corrected chi connectivity index (χ0v) is 12.6. The lowest BCUT2D eigenvalue weighted by Gasteiger charge is -2.20. The molecule has 18 heavy (non-hydrogen) atoms. The van der Waals surface area contributed by atoms with Crippen LogP contribution in [0.1, 0.15) is 51.5 Å². The Morgan fingerprint density at radius 2 is 1.89 bits per heavy atom. The highest BCUT2D eigenvalue weighted by Crippen LogP contribution is 2.28. The van der Waals surface area contributed by atoms with Crippen molar-refractivity contribution < 1.29 is 0 Å². The molecular weight excluding hydrogens is 242 g/mol. The Labute approximate surface area is 117 Å². The van der Waals surface area contributed by atoms with Crippen molar-refractivity contribution in [2.45, 2.75) is 46.0 Å². The maximum Gasteiger partial charge on any atom is 0.0441 e. The van der Waals surface area contributed by atoms with Gasteiger partial charge in [-0.1, -0.05) is 63.4 Å². The van der Waals surface area contributed by atoms with Crippen LogP contribution in [0.25, 0.3) is 0 Å². The first-order chi connectivity index (χ1) is 8.65. The fourth-order valence-electron chi connectivity index (χ4n) is 2.17. The summed E-state index contributed by atoms with van der Waals surface area (Å²) in [4.78, 5) is 0. The van der Waals surface area contributed by atoms with Gasteiger partial charge in [0.1, 0.15) is 0 Å². The molecular formula is C16H26ClN. The fraction of sp³-hybridized carbons (Fsp3) is 0.625. The summed E-state index contributed by atoms with van der Waals surface area (Å²) < 4.78 is 0. The van der Waals surface area contributed by atoms with Crippen molar-refractivity contribution in [2.24, 2.45) is 5.92 Å². The standard InChI is InChI=1S/C16H26ClN/c1-4-5-8-14(12-18-11-13(2)3)15-9-6-7-10-16(15)17/h6-7,9-10,13-14,18H,4-5,8,11-12H2,1-3H3. The summed E-state index contributed by atoms with van der Waals surface area (Å²) in [5.41, 5.74) is 1.30. The molecule has 2 heteroatoms. The second kappa shape index (κ2) is 8.55. The van der Waals surface area contributed by atoms with E-state index in [0.29, 0.717) is 11.8 Å². The third-order valence-electron chi connectivity index (χ3n) is 3.19. The maximum atomic E-state index is 6.31. The number of halogens is 1. The molecule has 1 atom stereocenters. The van der Waals surface area contributed by atoms with E-state index >= 15 is 0 Å². The SMILES string of the molecule is CCCCC(CNCC(C)C)c1ccccc1Cl. The molecule has 0 aliphatic carbocycles. The second-order valence-corrected chi connectivity index (χ2v) is 5.82. The van der Waals surface area contributed by atoms with Gasteiger partial charge in [-0.05, 0) is 36.4 Å². The van der Waals surface area contributed by atoms with Crippen molar-refractivity contribution >= 4 is 11.6 Å². The van der Waals surface area contributed by atoms with Crippen LogP contribution in [0, 0.1) is 5.92 Å². The average molecular weight is 268 g/mol. The third-order valence-corrected chi connectivity index (χ3v) is 3.54. The molecule has 0 radical (unpaired) electrons. The van der Waals surface area contributed by atoms with Crippen LogP contribution in [-0.2, 0) is 0 Å². The van der Waals surface area contributed by atoms with E-state index in [0.717, 1.165) is 18.1 Å². The first-order valence-electron chi connectivity index (χ1n) is 7.10. The van der Waals surface area contributed by atoms with E-state index in [1.807, 2.05) is 12.1 Å². The normalized spacial score (nSPS) is 12.9. The van der Waals surface area contributed by atoms with Gasteiger partial charge in [-0.3, -0.25) is 0 Å². The van der Waals surface area contributed by atoms with Crippen LogP contribution in [0.5, 0.6) is 0 Å². The quantitative estimate of drug-likeness (QED) is 0.709. The minimum Gasteiger partial charge on any atom is -0.316 e. The Morgan fingerprint density at radius 1 is 1.17 bits per heavy atom. The van der Waals surface area contributed by atoms with Crippen molar-refractivity contribution in [3.05, 3.63) is 34.9 Å². The molecule has 0 bridgehead atoms. The molecule has 0 amide bonds. The number of unbranched alkanes of at least 4 members (excludes halogenated alkanes) is 1. The first-order valence-corrected chi connectivity index (χ1v) is 7.48. The van der Waals surface area contributed by atoms with Crippen LogP contribution in [-0.4, -0.2) is 13.1 Å². The number of benzene rings is 1. The van der Waals surface area contributed by atoms with Crippen molar-refractivity contribution in [3.63, 3.8) is 0 Å². The summed E-state index contributed by atoms with van der Waals surface area (Å²) in [6.07, 6.45) is 3.72. The van der Waals surface area contributed by atoms with Crippen LogP contribution in [0.4, 0.5) is 0 Å². The molecule has 0 heterocycles. The Balaban J connectivity index is 2.62. The molecule has 102 valence electrons. The Bertz CT molecular complexity index is 336. The van der Waals surface area contributed by atoms with Crippen LogP contribution in [0.15, 0.2) is 24.3 Å². The van der Waals surface area contributed by atoms with Crippen molar-refractivity contribution in [3.8, 4) is 0 Å². The summed E-state index contributed by atoms with van der Waals surface area (Å²) in [5.74, 6) is 1.24. The van der Waals surface area contributed by atoms with Gasteiger partial charge >= 0.3 is 0 Å².